The Morgan fingerprint density at radius 2 is 2.09 bits per heavy atom. The number of aromatic nitrogens is 2. The number of hydrogen-bond acceptors (Lipinski definition) is 4. The van der Waals surface area contributed by atoms with Gasteiger partial charge in [-0.15, -0.1) is 0 Å². The molecule has 0 saturated carbocycles. The molecule has 1 fully saturated rings. The van der Waals surface area contributed by atoms with E-state index >= 15 is 0 Å². The van der Waals surface area contributed by atoms with Crippen molar-refractivity contribution in [2.45, 2.75) is 51.7 Å². The molecule has 0 radical (unpaired) electrons. The Morgan fingerprint density at radius 3 is 2.65 bits per heavy atom. The van der Waals surface area contributed by atoms with E-state index in [1.807, 2.05) is 26.8 Å². The maximum Gasteiger partial charge on any atom is 0.489 e. The van der Waals surface area contributed by atoms with E-state index < -0.39 is 7.12 Å². The Kier molecular flexibility index (Phi) is 4.44. The summed E-state index contributed by atoms with van der Waals surface area (Å²) in [6, 6.07) is 1.86. The first kappa shape index (κ1) is 16.8. The molecule has 0 spiro atoms. The fourth-order valence-corrected chi connectivity index (χ4v) is 3.84. The van der Waals surface area contributed by atoms with Gasteiger partial charge in [-0.2, -0.15) is 5.10 Å². The van der Waals surface area contributed by atoms with Crippen LogP contribution < -0.4 is 5.46 Å². The van der Waals surface area contributed by atoms with Crippen LogP contribution >= 0.6 is 11.6 Å². The predicted octanol–water partition coefficient (Wildman–Crippen LogP) is 2.37. The van der Waals surface area contributed by atoms with E-state index in [2.05, 4.69) is 5.10 Å². The molecule has 7 heteroatoms. The molecule has 1 unspecified atom stereocenters. The van der Waals surface area contributed by atoms with E-state index in [1.54, 1.807) is 10.9 Å². The molecular weight excluding hydrogens is 314 g/mol. The number of fused-ring (bicyclic) bond motifs is 1. The summed E-state index contributed by atoms with van der Waals surface area (Å²) in [4.78, 5) is 0. The largest absolute Gasteiger partial charge is 0.489 e. The molecule has 0 amide bonds. The van der Waals surface area contributed by atoms with E-state index in [1.165, 1.54) is 0 Å². The van der Waals surface area contributed by atoms with Gasteiger partial charge in [0.2, 0.25) is 0 Å². The highest BCUT2D eigenvalue weighted by atomic mass is 35.5. The summed E-state index contributed by atoms with van der Waals surface area (Å²) in [7, 11) is -1.60. The lowest BCUT2D eigenvalue weighted by Gasteiger charge is -2.26. The van der Waals surface area contributed by atoms with Crippen molar-refractivity contribution in [1.29, 1.82) is 0 Å². The smallest absolute Gasteiger partial charge is 0.423 e. The first-order valence-electron chi connectivity index (χ1n) is 7.98. The fraction of sp³-hybridized carbons (Fsp3) is 0.562. The highest BCUT2D eigenvalue weighted by molar-refractivity contribution is 6.63. The number of rotatable bonds is 2. The molecule has 1 saturated heterocycles. The molecule has 1 atom stereocenters. The van der Waals surface area contributed by atoms with Crippen molar-refractivity contribution >= 4 is 35.1 Å². The monoisotopic (exact) mass is 336 g/mol. The van der Waals surface area contributed by atoms with Crippen LogP contribution in [0.1, 0.15) is 51.8 Å². The van der Waals surface area contributed by atoms with Gasteiger partial charge in [-0.25, -0.2) is 4.68 Å². The van der Waals surface area contributed by atoms with Crippen LogP contribution in [0.3, 0.4) is 0 Å². The minimum absolute atomic E-state index is 0.124. The third kappa shape index (κ3) is 3.01. The summed E-state index contributed by atoms with van der Waals surface area (Å²) in [5.41, 5.74) is 1.64. The third-order valence-corrected chi connectivity index (χ3v) is 4.63. The van der Waals surface area contributed by atoms with Gasteiger partial charge in [0.25, 0.3) is 0 Å². The van der Waals surface area contributed by atoms with Gasteiger partial charge in [-0.1, -0.05) is 32.4 Å². The van der Waals surface area contributed by atoms with Gasteiger partial charge in [-0.05, 0) is 41.8 Å². The van der Waals surface area contributed by atoms with Gasteiger partial charge in [-0.3, -0.25) is 0 Å². The number of benzene rings is 1. The zero-order valence-electron chi connectivity index (χ0n) is 13.7. The summed E-state index contributed by atoms with van der Waals surface area (Å²) in [5.74, 6) is 0. The summed E-state index contributed by atoms with van der Waals surface area (Å²) in [6.07, 6.45) is 4.60. The average molecular weight is 337 g/mol. The highest BCUT2D eigenvalue weighted by Crippen LogP contribution is 2.33. The molecule has 0 bridgehead atoms. The Hall–Kier alpha value is -1.08. The minimum Gasteiger partial charge on any atom is -0.423 e. The summed E-state index contributed by atoms with van der Waals surface area (Å²) < 4.78 is 7.60. The first-order valence-corrected chi connectivity index (χ1v) is 8.36. The first-order chi connectivity index (χ1) is 10.8. The second-order valence-corrected chi connectivity index (χ2v) is 7.52. The van der Waals surface area contributed by atoms with Gasteiger partial charge in [0.1, 0.15) is 0 Å². The van der Waals surface area contributed by atoms with Gasteiger partial charge in [0.15, 0.2) is 6.23 Å². The van der Waals surface area contributed by atoms with Crippen LogP contribution in [0.5, 0.6) is 0 Å². The van der Waals surface area contributed by atoms with Crippen LogP contribution in [0.2, 0.25) is 5.02 Å². The zero-order valence-corrected chi connectivity index (χ0v) is 14.5. The standard InChI is InChI=1S/C16H22BClN2O3/c1-16(2,3)14-11(18)8-12-10(15(14)17(21)22)9-19-20(12)13-6-4-5-7-23-13/h8-9,13,21-22H,4-7H2,1-3H3. The molecule has 2 N–H and O–H groups in total. The second-order valence-electron chi connectivity index (χ2n) is 7.11. The molecule has 1 aliphatic rings. The Morgan fingerprint density at radius 1 is 1.35 bits per heavy atom. The Labute approximate surface area is 141 Å². The van der Waals surface area contributed by atoms with E-state index in [0.717, 1.165) is 36.9 Å². The van der Waals surface area contributed by atoms with Crippen LogP contribution in [-0.4, -0.2) is 33.6 Å². The zero-order chi connectivity index (χ0) is 16.8. The van der Waals surface area contributed by atoms with Gasteiger partial charge >= 0.3 is 7.12 Å². The minimum atomic E-state index is -1.60. The van der Waals surface area contributed by atoms with Gasteiger partial charge in [0, 0.05) is 17.0 Å². The Bertz CT molecular complexity index is 718. The second kappa shape index (κ2) is 6.09. The maximum atomic E-state index is 9.94. The van der Waals surface area contributed by atoms with E-state index in [0.29, 0.717) is 15.9 Å². The Balaban J connectivity index is 2.23. The van der Waals surface area contributed by atoms with Crippen molar-refractivity contribution in [2.75, 3.05) is 6.61 Å². The van der Waals surface area contributed by atoms with Crippen LogP contribution in [0.25, 0.3) is 10.9 Å². The molecule has 3 rings (SSSR count). The molecule has 23 heavy (non-hydrogen) atoms. The number of nitrogens with zero attached hydrogens (tertiary/aromatic N) is 2. The number of ether oxygens (including phenoxy) is 1. The lowest BCUT2D eigenvalue weighted by molar-refractivity contribution is -0.0366. The summed E-state index contributed by atoms with van der Waals surface area (Å²) >= 11 is 6.50. The lowest BCUT2D eigenvalue weighted by Crippen LogP contribution is -2.38. The highest BCUT2D eigenvalue weighted by Gasteiger charge is 2.31. The van der Waals surface area contributed by atoms with Crippen molar-refractivity contribution in [1.82, 2.24) is 9.78 Å². The van der Waals surface area contributed by atoms with Crippen molar-refractivity contribution in [3.8, 4) is 0 Å². The molecule has 5 nitrogen and oxygen atoms in total. The third-order valence-electron chi connectivity index (χ3n) is 4.33. The lowest BCUT2D eigenvalue weighted by atomic mass is 9.69. The van der Waals surface area contributed by atoms with Crippen molar-refractivity contribution in [3.05, 3.63) is 22.8 Å². The molecular formula is C16H22BClN2O3. The molecule has 2 aromatic rings. The molecule has 1 aliphatic heterocycles. The molecule has 1 aromatic carbocycles. The van der Waals surface area contributed by atoms with Crippen LogP contribution in [0, 0.1) is 0 Å². The summed E-state index contributed by atoms with van der Waals surface area (Å²) in [5, 5.41) is 25.5. The van der Waals surface area contributed by atoms with E-state index in [-0.39, 0.29) is 11.6 Å². The van der Waals surface area contributed by atoms with Gasteiger partial charge < -0.3 is 14.8 Å². The topological polar surface area (TPSA) is 67.5 Å². The van der Waals surface area contributed by atoms with Gasteiger partial charge in [0.05, 0.1) is 11.7 Å². The fourth-order valence-electron chi connectivity index (χ4n) is 3.36. The quantitative estimate of drug-likeness (QED) is 0.826. The van der Waals surface area contributed by atoms with Crippen molar-refractivity contribution in [2.24, 2.45) is 0 Å². The van der Waals surface area contributed by atoms with Crippen molar-refractivity contribution in [3.63, 3.8) is 0 Å². The van der Waals surface area contributed by atoms with Crippen LogP contribution in [0.15, 0.2) is 12.3 Å². The predicted molar refractivity (Wildman–Crippen MR) is 92.1 cm³/mol. The average Bonchev–Trinajstić information content (AvgIpc) is 2.88. The SMILES string of the molecule is CC(C)(C)c1c(Cl)cc2c(cnn2C2CCCCO2)c1B(O)O. The maximum absolute atomic E-state index is 9.94. The molecule has 0 aliphatic carbocycles. The molecule has 1 aromatic heterocycles. The number of hydrogen-bond donors (Lipinski definition) is 2. The molecule has 124 valence electrons. The van der Waals surface area contributed by atoms with E-state index in [9.17, 15) is 10.0 Å². The normalized spacial score (nSPS) is 19.3. The van der Waals surface area contributed by atoms with Crippen LogP contribution in [-0.2, 0) is 10.2 Å². The van der Waals surface area contributed by atoms with Crippen molar-refractivity contribution < 1.29 is 14.8 Å². The number of halogens is 1. The van der Waals surface area contributed by atoms with Crippen LogP contribution in [0.4, 0.5) is 0 Å². The molecule has 2 heterocycles. The summed E-state index contributed by atoms with van der Waals surface area (Å²) in [6.45, 7) is 6.72. The van der Waals surface area contributed by atoms with E-state index in [4.69, 9.17) is 16.3 Å².